The quantitative estimate of drug-likeness (QED) is 0.495. The Morgan fingerprint density at radius 3 is 2.25 bits per heavy atom. The third-order valence-electron chi connectivity index (χ3n) is 7.70. The fourth-order valence-electron chi connectivity index (χ4n) is 5.89. The first-order chi connectivity index (χ1) is 17.1. The van der Waals surface area contributed by atoms with Crippen molar-refractivity contribution in [3.05, 3.63) is 35.4 Å². The molecule has 3 N–H and O–H groups in total. The maximum Gasteiger partial charge on any atom is 0.251 e. The van der Waals surface area contributed by atoms with E-state index in [9.17, 15) is 14.4 Å². The lowest BCUT2D eigenvalue weighted by Gasteiger charge is -2.32. The molecule has 1 aromatic carbocycles. The van der Waals surface area contributed by atoms with E-state index in [2.05, 4.69) is 17.1 Å². The molecule has 3 saturated heterocycles. The number of hydrogen-bond donors (Lipinski definition) is 2. The fraction of sp³-hybridized carbons (Fsp3) is 0.700. The number of carbonyl (C=O) groups excluding carboxylic acids is 3. The summed E-state index contributed by atoms with van der Waals surface area (Å²) in [5.41, 5.74) is 7.76. The molecular weight excluding hydrogens is 544 g/mol. The highest BCUT2D eigenvalue weighted by Crippen LogP contribution is 2.30. The van der Waals surface area contributed by atoms with Gasteiger partial charge in [0, 0.05) is 12.1 Å². The van der Waals surface area contributed by atoms with E-state index < -0.39 is 24.2 Å². The molecule has 3 heterocycles. The average molecular weight is 599 g/mol. The number of nitrogens with one attached hydrogen (secondary N) is 1. The zero-order chi connectivity index (χ0) is 26.0. The number of likely N-dealkylation sites (tertiary alicyclic amines) is 2. The summed E-state index contributed by atoms with van der Waals surface area (Å²) in [6.07, 6.45) is 3.44. The molecule has 0 unspecified atom stereocenters. The molecule has 40 heavy (non-hydrogen) atoms. The third-order valence-corrected chi connectivity index (χ3v) is 7.70. The van der Waals surface area contributed by atoms with Crippen LogP contribution in [-0.4, -0.2) is 84.4 Å². The van der Waals surface area contributed by atoms with E-state index in [-0.39, 0.29) is 78.0 Å². The van der Waals surface area contributed by atoms with Gasteiger partial charge in [-0.25, -0.2) is 0 Å². The number of fused-ring (bicyclic) bond motifs is 1. The molecule has 0 bridgehead atoms. The first kappa shape index (κ1) is 38.4. The Labute approximate surface area is 256 Å². The number of nitrogens with zero attached hydrogens (tertiary/aromatic N) is 2. The Morgan fingerprint density at radius 1 is 1.10 bits per heavy atom. The molecule has 230 valence electrons. The molecule has 4 atom stereocenters. The molecule has 8 nitrogen and oxygen atoms in total. The second-order valence-electron chi connectivity index (χ2n) is 11.9. The summed E-state index contributed by atoms with van der Waals surface area (Å²) < 4.78 is 5.53. The van der Waals surface area contributed by atoms with E-state index in [4.69, 9.17) is 10.5 Å². The zero-order valence-electron chi connectivity index (χ0n) is 23.2. The number of hydrogen-bond acceptors (Lipinski definition) is 6. The zero-order valence-corrected chi connectivity index (χ0v) is 25.2. The number of rotatable bonds is 7. The summed E-state index contributed by atoms with van der Waals surface area (Å²) in [7, 11) is 0. The van der Waals surface area contributed by atoms with E-state index in [0.717, 1.165) is 32.5 Å². The number of Topliss-reactive ketones (excluding diaryl/α,β-unsaturated/α-hetero) is 1. The van der Waals surface area contributed by atoms with Crippen molar-refractivity contribution in [2.75, 3.05) is 32.8 Å². The normalized spacial score (nSPS) is 23.6. The van der Waals surface area contributed by atoms with Crippen molar-refractivity contribution in [3.8, 4) is 0 Å². The Balaban J connectivity index is 0.00000380. The Hall–Kier alpha value is -1.59. The van der Waals surface area contributed by atoms with Gasteiger partial charge < -0.3 is 25.6 Å². The van der Waals surface area contributed by atoms with Gasteiger partial charge in [0.15, 0.2) is 5.78 Å². The Bertz CT molecular complexity index is 961. The van der Waals surface area contributed by atoms with Gasteiger partial charge in [0.25, 0.3) is 5.91 Å². The number of ether oxygens (including phenoxy) is 1. The van der Waals surface area contributed by atoms with Crippen molar-refractivity contribution >= 4 is 44.6 Å². The topological polar surface area (TPSA) is 105 Å². The lowest BCUT2D eigenvalue weighted by molar-refractivity contribution is -0.138. The highest BCUT2D eigenvalue weighted by atomic mass is 32.1. The SMILES string of the molecule is C.C.CCCN1CCC(c2ccc(C(=O)N[C@@H](CC(C)(C)C)C(=O)N3C[C@@H](N)[C@H]4OCC(=O)[C@H]43)cc2)CC1.S.S. The molecule has 3 aliphatic heterocycles. The van der Waals surface area contributed by atoms with Crippen LogP contribution < -0.4 is 11.1 Å². The van der Waals surface area contributed by atoms with Crippen LogP contribution in [0, 0.1) is 5.41 Å². The molecule has 0 radical (unpaired) electrons. The summed E-state index contributed by atoms with van der Waals surface area (Å²) >= 11 is 0. The van der Waals surface area contributed by atoms with E-state index >= 15 is 0 Å². The van der Waals surface area contributed by atoms with Gasteiger partial charge in [-0.05, 0) is 74.3 Å². The number of nitrogens with two attached hydrogens (primary N) is 1. The first-order valence-electron chi connectivity index (χ1n) is 13.4. The lowest BCUT2D eigenvalue weighted by atomic mass is 9.87. The second-order valence-corrected chi connectivity index (χ2v) is 11.9. The van der Waals surface area contributed by atoms with Gasteiger partial charge in [-0.2, -0.15) is 27.0 Å². The molecule has 10 heteroatoms. The third kappa shape index (κ3) is 8.95. The summed E-state index contributed by atoms with van der Waals surface area (Å²) in [4.78, 5) is 43.3. The summed E-state index contributed by atoms with van der Waals surface area (Å²) in [6, 6.07) is 6.00. The maximum atomic E-state index is 13.6. The fourth-order valence-corrected chi connectivity index (χ4v) is 5.89. The highest BCUT2D eigenvalue weighted by Gasteiger charge is 2.52. The van der Waals surface area contributed by atoms with Gasteiger partial charge in [-0.15, -0.1) is 0 Å². The monoisotopic (exact) mass is 598 g/mol. The van der Waals surface area contributed by atoms with E-state index in [1.807, 2.05) is 45.0 Å². The minimum atomic E-state index is -0.751. The average Bonchev–Trinajstić information content (AvgIpc) is 3.38. The molecule has 1 aromatic rings. The van der Waals surface area contributed by atoms with Gasteiger partial charge in [-0.3, -0.25) is 14.4 Å². The van der Waals surface area contributed by atoms with E-state index in [1.54, 1.807) is 0 Å². The molecular formula is C30H54N4O4S2. The highest BCUT2D eigenvalue weighted by molar-refractivity contribution is 7.59. The van der Waals surface area contributed by atoms with Crippen molar-refractivity contribution in [1.82, 2.24) is 15.1 Å². The number of carbonyl (C=O) groups is 3. The number of ketones is 1. The minimum Gasteiger partial charge on any atom is -0.366 e. The standard InChI is InChI=1S/C28H42N4O4.2CH4.2H2S/c1-5-12-31-13-10-19(11-14-31)18-6-8-20(9-7-18)26(34)30-22(15-28(2,3)4)27(35)32-16-21(29)25-24(32)23(33)17-36-25;;;;/h6-9,19,21-22,24-25H,5,10-17,29H2,1-4H3,(H,30,34);2*1H4;2*1H2/t21-,22+,24-,25-;;;;/m1..../s1. The summed E-state index contributed by atoms with van der Waals surface area (Å²) in [5, 5.41) is 2.97. The summed E-state index contributed by atoms with van der Waals surface area (Å²) in [5.74, 6) is -0.159. The molecule has 0 spiro atoms. The predicted molar refractivity (Wildman–Crippen MR) is 173 cm³/mol. The number of benzene rings is 1. The molecule has 0 aliphatic carbocycles. The molecule has 2 amide bonds. The van der Waals surface area contributed by atoms with Crippen molar-refractivity contribution < 1.29 is 19.1 Å². The van der Waals surface area contributed by atoms with Gasteiger partial charge in [-0.1, -0.05) is 54.7 Å². The number of piperidine rings is 1. The van der Waals surface area contributed by atoms with Crippen molar-refractivity contribution in [1.29, 1.82) is 0 Å². The van der Waals surface area contributed by atoms with Gasteiger partial charge in [0.2, 0.25) is 5.91 Å². The van der Waals surface area contributed by atoms with E-state index in [1.165, 1.54) is 16.9 Å². The molecule has 3 aliphatic rings. The van der Waals surface area contributed by atoms with Crippen LogP contribution in [0.2, 0.25) is 0 Å². The largest absolute Gasteiger partial charge is 0.366 e. The smallest absolute Gasteiger partial charge is 0.251 e. The van der Waals surface area contributed by atoms with Crippen LogP contribution in [0.4, 0.5) is 0 Å². The van der Waals surface area contributed by atoms with Crippen LogP contribution in [0.15, 0.2) is 24.3 Å². The van der Waals surface area contributed by atoms with Crippen molar-refractivity contribution in [2.24, 2.45) is 11.1 Å². The predicted octanol–water partition coefficient (Wildman–Crippen LogP) is 3.81. The van der Waals surface area contributed by atoms with Crippen molar-refractivity contribution in [3.63, 3.8) is 0 Å². The van der Waals surface area contributed by atoms with Crippen LogP contribution in [0.3, 0.4) is 0 Å². The van der Waals surface area contributed by atoms with Crippen LogP contribution >= 0.6 is 27.0 Å². The molecule has 4 rings (SSSR count). The van der Waals surface area contributed by atoms with Crippen molar-refractivity contribution in [2.45, 2.75) is 98.4 Å². The van der Waals surface area contributed by atoms with Crippen LogP contribution in [0.25, 0.3) is 0 Å². The second kappa shape index (κ2) is 16.2. The molecule has 3 fully saturated rings. The van der Waals surface area contributed by atoms with E-state index in [0.29, 0.717) is 17.9 Å². The maximum absolute atomic E-state index is 13.6. The summed E-state index contributed by atoms with van der Waals surface area (Å²) in [6.45, 7) is 11.9. The van der Waals surface area contributed by atoms with Crippen LogP contribution in [0.1, 0.15) is 90.1 Å². The van der Waals surface area contributed by atoms with Crippen LogP contribution in [-0.2, 0) is 14.3 Å². The lowest BCUT2D eigenvalue weighted by Crippen LogP contribution is -2.53. The Morgan fingerprint density at radius 2 is 1.70 bits per heavy atom. The van der Waals surface area contributed by atoms with Gasteiger partial charge in [0.05, 0.1) is 6.04 Å². The molecule has 0 aromatic heterocycles. The van der Waals surface area contributed by atoms with Gasteiger partial charge in [0.1, 0.15) is 24.8 Å². The number of amides is 2. The van der Waals surface area contributed by atoms with Crippen LogP contribution in [0.5, 0.6) is 0 Å². The Kier molecular flexibility index (Phi) is 15.5. The first-order valence-corrected chi connectivity index (χ1v) is 13.4. The van der Waals surface area contributed by atoms with Gasteiger partial charge >= 0.3 is 0 Å². The minimum absolute atomic E-state index is 0. The molecule has 0 saturated carbocycles.